The first kappa shape index (κ1) is 15.1. The highest BCUT2D eigenvalue weighted by Gasteiger charge is 2.19. The monoisotopic (exact) mass is 322 g/mol. The molecule has 2 aromatic carbocycles. The second kappa shape index (κ2) is 5.75. The highest BCUT2D eigenvalue weighted by atomic mass is 32.2. The van der Waals surface area contributed by atoms with Crippen LogP contribution in [-0.2, 0) is 15.8 Å². The molecule has 0 spiro atoms. The van der Waals surface area contributed by atoms with Gasteiger partial charge in [-0.2, -0.15) is 5.26 Å². The Bertz CT molecular complexity index is 1030. The first-order chi connectivity index (χ1) is 11.0. The van der Waals surface area contributed by atoms with Crippen molar-refractivity contribution in [1.82, 2.24) is 3.97 Å². The van der Waals surface area contributed by atoms with Gasteiger partial charge in [-0.15, -0.1) is 0 Å². The average molecular weight is 322 g/mol. The molecule has 3 rings (SSSR count). The summed E-state index contributed by atoms with van der Waals surface area (Å²) in [6, 6.07) is 16.1. The summed E-state index contributed by atoms with van der Waals surface area (Å²) in [6.07, 6.45) is 3.15. The lowest BCUT2D eigenvalue weighted by Gasteiger charge is -2.07. The molecule has 114 valence electrons. The number of aromatic nitrogens is 1. The summed E-state index contributed by atoms with van der Waals surface area (Å²) < 4.78 is 26.8. The lowest BCUT2D eigenvalue weighted by atomic mass is 10.1. The SMILES string of the molecule is C=Cc1cn(S(=O)(=O)Cc2ccccc2)c2ccc(C#N)cc12. The molecule has 0 radical (unpaired) electrons. The van der Waals surface area contributed by atoms with Crippen molar-refractivity contribution in [1.29, 1.82) is 5.26 Å². The molecule has 23 heavy (non-hydrogen) atoms. The van der Waals surface area contributed by atoms with E-state index in [2.05, 4.69) is 12.6 Å². The van der Waals surface area contributed by atoms with E-state index in [1.165, 1.54) is 3.97 Å². The topological polar surface area (TPSA) is 62.9 Å². The van der Waals surface area contributed by atoms with Gasteiger partial charge >= 0.3 is 0 Å². The van der Waals surface area contributed by atoms with Crippen LogP contribution in [0.3, 0.4) is 0 Å². The Hall–Kier alpha value is -2.84. The zero-order valence-corrected chi connectivity index (χ0v) is 13.1. The van der Waals surface area contributed by atoms with Crippen LogP contribution in [0.2, 0.25) is 0 Å². The van der Waals surface area contributed by atoms with Gasteiger partial charge in [0, 0.05) is 17.1 Å². The number of benzene rings is 2. The average Bonchev–Trinajstić information content (AvgIpc) is 2.94. The van der Waals surface area contributed by atoms with Crippen LogP contribution < -0.4 is 0 Å². The van der Waals surface area contributed by atoms with Gasteiger partial charge in [0.1, 0.15) is 0 Å². The molecule has 0 aliphatic rings. The molecule has 0 aliphatic heterocycles. The Morgan fingerprint density at radius 1 is 1.17 bits per heavy atom. The van der Waals surface area contributed by atoms with Gasteiger partial charge in [-0.25, -0.2) is 12.4 Å². The van der Waals surface area contributed by atoms with Crippen molar-refractivity contribution in [3.05, 3.63) is 78.0 Å². The van der Waals surface area contributed by atoms with Crippen LogP contribution in [0, 0.1) is 11.3 Å². The number of nitriles is 1. The Kier molecular flexibility index (Phi) is 3.77. The van der Waals surface area contributed by atoms with Gasteiger partial charge in [-0.05, 0) is 23.8 Å². The number of fused-ring (bicyclic) bond motifs is 1. The second-order valence-electron chi connectivity index (χ2n) is 5.17. The first-order valence-corrected chi connectivity index (χ1v) is 8.61. The smallest absolute Gasteiger partial charge is 0.243 e. The zero-order chi connectivity index (χ0) is 16.4. The van der Waals surface area contributed by atoms with Gasteiger partial charge in [0.2, 0.25) is 10.0 Å². The lowest BCUT2D eigenvalue weighted by molar-refractivity contribution is 0.588. The highest BCUT2D eigenvalue weighted by molar-refractivity contribution is 7.89. The molecular formula is C18H14N2O2S. The van der Waals surface area contributed by atoms with E-state index in [-0.39, 0.29) is 5.75 Å². The summed E-state index contributed by atoms with van der Waals surface area (Å²) in [7, 11) is -3.56. The van der Waals surface area contributed by atoms with Crippen molar-refractivity contribution in [2.24, 2.45) is 0 Å². The fraction of sp³-hybridized carbons (Fsp3) is 0.0556. The normalized spacial score (nSPS) is 11.3. The van der Waals surface area contributed by atoms with Crippen molar-refractivity contribution >= 4 is 27.0 Å². The maximum atomic E-state index is 12.8. The van der Waals surface area contributed by atoms with Gasteiger partial charge in [0.05, 0.1) is 22.9 Å². The summed E-state index contributed by atoms with van der Waals surface area (Å²) in [4.78, 5) is 0. The molecule has 0 amide bonds. The molecule has 3 aromatic rings. The third-order valence-corrected chi connectivity index (χ3v) is 5.24. The fourth-order valence-corrected chi connectivity index (χ4v) is 4.03. The van der Waals surface area contributed by atoms with E-state index in [1.807, 2.05) is 18.2 Å². The zero-order valence-electron chi connectivity index (χ0n) is 12.3. The van der Waals surface area contributed by atoms with Crippen molar-refractivity contribution in [3.8, 4) is 6.07 Å². The van der Waals surface area contributed by atoms with E-state index in [9.17, 15) is 8.42 Å². The maximum absolute atomic E-state index is 12.8. The Morgan fingerprint density at radius 3 is 2.57 bits per heavy atom. The van der Waals surface area contributed by atoms with Crippen molar-refractivity contribution in [3.63, 3.8) is 0 Å². The standard InChI is InChI=1S/C18H14N2O2S/c1-2-16-12-20(18-9-8-15(11-19)10-17(16)18)23(21,22)13-14-6-4-3-5-7-14/h2-10,12H,1,13H2. The molecular weight excluding hydrogens is 308 g/mol. The molecule has 0 saturated heterocycles. The van der Waals surface area contributed by atoms with Gasteiger partial charge in [0.15, 0.2) is 0 Å². The summed E-state index contributed by atoms with van der Waals surface area (Å²) in [5.41, 5.74) is 2.45. The second-order valence-corrected chi connectivity index (χ2v) is 7.02. The predicted molar refractivity (Wildman–Crippen MR) is 91.2 cm³/mol. The molecule has 0 unspecified atom stereocenters. The Labute approximate surface area is 135 Å². The summed E-state index contributed by atoms with van der Waals surface area (Å²) in [5.74, 6) is -0.0891. The third kappa shape index (κ3) is 2.77. The third-order valence-electron chi connectivity index (χ3n) is 3.64. The minimum Gasteiger partial charge on any atom is -0.244 e. The van der Waals surface area contributed by atoms with Gasteiger partial charge in [-0.1, -0.05) is 43.0 Å². The molecule has 1 heterocycles. The number of rotatable bonds is 4. The number of hydrogen-bond acceptors (Lipinski definition) is 3. The van der Waals surface area contributed by atoms with Gasteiger partial charge < -0.3 is 0 Å². The van der Waals surface area contributed by atoms with Crippen LogP contribution in [0.1, 0.15) is 16.7 Å². The van der Waals surface area contributed by atoms with Gasteiger partial charge in [-0.3, -0.25) is 0 Å². The van der Waals surface area contributed by atoms with Crippen LogP contribution in [0.25, 0.3) is 17.0 Å². The molecule has 0 atom stereocenters. The molecule has 0 aliphatic carbocycles. The molecule has 5 heteroatoms. The Balaban J connectivity index is 2.16. The number of hydrogen-bond donors (Lipinski definition) is 0. The first-order valence-electron chi connectivity index (χ1n) is 7.00. The van der Waals surface area contributed by atoms with Crippen LogP contribution in [0.15, 0.2) is 61.3 Å². The number of nitrogens with zero attached hydrogens (tertiary/aromatic N) is 2. The minimum atomic E-state index is -3.56. The summed E-state index contributed by atoms with van der Waals surface area (Å²) >= 11 is 0. The molecule has 0 fully saturated rings. The quantitative estimate of drug-likeness (QED) is 0.738. The molecule has 4 nitrogen and oxygen atoms in total. The van der Waals surface area contributed by atoms with Crippen LogP contribution >= 0.6 is 0 Å². The highest BCUT2D eigenvalue weighted by Crippen LogP contribution is 2.26. The van der Waals surface area contributed by atoms with Crippen LogP contribution in [-0.4, -0.2) is 12.4 Å². The van der Waals surface area contributed by atoms with Crippen molar-refractivity contribution in [2.75, 3.05) is 0 Å². The van der Waals surface area contributed by atoms with Crippen molar-refractivity contribution in [2.45, 2.75) is 5.75 Å². The largest absolute Gasteiger partial charge is 0.244 e. The van der Waals surface area contributed by atoms with Gasteiger partial charge in [0.25, 0.3) is 0 Å². The minimum absolute atomic E-state index is 0.0891. The van der Waals surface area contributed by atoms with E-state index in [0.29, 0.717) is 22.0 Å². The van der Waals surface area contributed by atoms with Crippen LogP contribution in [0.5, 0.6) is 0 Å². The molecule has 1 aromatic heterocycles. The van der Waals surface area contributed by atoms with Crippen molar-refractivity contribution < 1.29 is 8.42 Å². The van der Waals surface area contributed by atoms with Crippen LogP contribution in [0.4, 0.5) is 0 Å². The van der Waals surface area contributed by atoms with E-state index in [0.717, 1.165) is 5.56 Å². The lowest BCUT2D eigenvalue weighted by Crippen LogP contribution is -2.14. The predicted octanol–water partition coefficient (Wildman–Crippen LogP) is 3.53. The fourth-order valence-electron chi connectivity index (χ4n) is 2.54. The molecule has 0 saturated carbocycles. The van der Waals surface area contributed by atoms with E-state index < -0.39 is 10.0 Å². The maximum Gasteiger partial charge on any atom is 0.243 e. The van der Waals surface area contributed by atoms with E-state index in [4.69, 9.17) is 5.26 Å². The Morgan fingerprint density at radius 2 is 1.91 bits per heavy atom. The van der Waals surface area contributed by atoms with E-state index >= 15 is 0 Å². The van der Waals surface area contributed by atoms with E-state index in [1.54, 1.807) is 42.6 Å². The molecule has 0 N–H and O–H groups in total. The summed E-state index contributed by atoms with van der Waals surface area (Å²) in [5, 5.41) is 9.73. The molecule has 0 bridgehead atoms. The summed E-state index contributed by atoms with van der Waals surface area (Å²) in [6.45, 7) is 3.72.